The molecule has 2 N–H and O–H groups in total. The Morgan fingerprint density at radius 3 is 2.50 bits per heavy atom. The number of rotatable bonds is 2. The molecule has 1 aromatic heterocycles. The quantitative estimate of drug-likeness (QED) is 0.851. The van der Waals surface area contributed by atoms with Crippen molar-refractivity contribution in [1.82, 2.24) is 9.55 Å². The monoisotopic (exact) mass is 247 g/mol. The molecule has 0 atom stereocenters. The smallest absolute Gasteiger partial charge is 0.270 e. The molecule has 0 spiro atoms. The summed E-state index contributed by atoms with van der Waals surface area (Å²) in [4.78, 5) is 27.1. The van der Waals surface area contributed by atoms with Gasteiger partial charge in [0.25, 0.3) is 11.5 Å². The Morgan fingerprint density at radius 2 is 1.94 bits per heavy atom. The van der Waals surface area contributed by atoms with Gasteiger partial charge in [0, 0.05) is 6.20 Å². The Kier molecular flexibility index (Phi) is 2.93. The molecule has 0 aliphatic rings. The van der Waals surface area contributed by atoms with E-state index in [0.717, 1.165) is 6.20 Å². The molecule has 1 amide bonds. The van der Waals surface area contributed by atoms with Gasteiger partial charge in [-0.3, -0.25) is 14.2 Å². The van der Waals surface area contributed by atoms with Crippen LogP contribution in [0.5, 0.6) is 0 Å². The highest BCUT2D eigenvalue weighted by atomic mass is 19.1. The first-order valence-electron chi connectivity index (χ1n) is 5.15. The third-order valence-corrected chi connectivity index (χ3v) is 2.49. The van der Waals surface area contributed by atoms with Crippen molar-refractivity contribution in [3.63, 3.8) is 0 Å². The molecule has 0 fully saturated rings. The van der Waals surface area contributed by atoms with E-state index in [-0.39, 0.29) is 5.56 Å². The summed E-state index contributed by atoms with van der Waals surface area (Å²) in [7, 11) is 0. The minimum Gasteiger partial charge on any atom is -0.365 e. The van der Waals surface area contributed by atoms with E-state index in [4.69, 9.17) is 5.73 Å². The van der Waals surface area contributed by atoms with Gasteiger partial charge >= 0.3 is 0 Å². The third kappa shape index (κ3) is 2.00. The van der Waals surface area contributed by atoms with Crippen molar-refractivity contribution in [1.29, 1.82) is 0 Å². The number of primary amides is 1. The second-order valence-corrected chi connectivity index (χ2v) is 3.70. The minimum atomic E-state index is -0.844. The first-order valence-corrected chi connectivity index (χ1v) is 5.15. The van der Waals surface area contributed by atoms with Crippen molar-refractivity contribution < 1.29 is 9.18 Å². The van der Waals surface area contributed by atoms with Crippen LogP contribution >= 0.6 is 0 Å². The highest BCUT2D eigenvalue weighted by molar-refractivity contribution is 5.92. The number of carbonyl (C=O) groups is 1. The van der Waals surface area contributed by atoms with Gasteiger partial charge in [0.2, 0.25) is 0 Å². The number of aromatic nitrogens is 2. The molecule has 0 radical (unpaired) electrons. The van der Waals surface area contributed by atoms with E-state index in [1.807, 2.05) is 0 Å². The highest BCUT2D eigenvalue weighted by Gasteiger charge is 2.13. The average molecular weight is 247 g/mol. The van der Waals surface area contributed by atoms with Gasteiger partial charge < -0.3 is 5.73 Å². The number of amides is 1. The van der Waals surface area contributed by atoms with Crippen molar-refractivity contribution in [2.75, 3.05) is 0 Å². The van der Waals surface area contributed by atoms with E-state index in [0.29, 0.717) is 11.5 Å². The molecule has 5 nitrogen and oxygen atoms in total. The lowest BCUT2D eigenvalue weighted by Gasteiger charge is -2.09. The van der Waals surface area contributed by atoms with Crippen LogP contribution in [0.25, 0.3) is 5.69 Å². The summed E-state index contributed by atoms with van der Waals surface area (Å²) in [5, 5.41) is 0. The summed E-state index contributed by atoms with van der Waals surface area (Å²) in [6.07, 6.45) is 1.14. The van der Waals surface area contributed by atoms with Crippen LogP contribution in [-0.4, -0.2) is 15.5 Å². The maximum atomic E-state index is 12.8. The van der Waals surface area contributed by atoms with E-state index >= 15 is 0 Å². The second-order valence-electron chi connectivity index (χ2n) is 3.70. The van der Waals surface area contributed by atoms with Crippen LogP contribution in [0.4, 0.5) is 4.39 Å². The first-order chi connectivity index (χ1) is 8.50. The lowest BCUT2D eigenvalue weighted by molar-refractivity contribution is 0.0998. The molecule has 1 aromatic carbocycles. The molecule has 6 heteroatoms. The number of hydrogen-bond donors (Lipinski definition) is 1. The fourth-order valence-corrected chi connectivity index (χ4v) is 1.60. The minimum absolute atomic E-state index is 0.204. The van der Waals surface area contributed by atoms with Crippen molar-refractivity contribution in [3.05, 3.63) is 58.0 Å². The van der Waals surface area contributed by atoms with Gasteiger partial charge in [-0.15, -0.1) is 0 Å². The number of benzene rings is 1. The molecular weight excluding hydrogens is 237 g/mol. The zero-order chi connectivity index (χ0) is 13.3. The SMILES string of the molecule is Cc1ncc(C(N)=O)c(=O)n1-c1ccc(F)cc1. The van der Waals surface area contributed by atoms with Gasteiger partial charge in [-0.2, -0.15) is 0 Å². The number of halogens is 1. The number of hydrogen-bond acceptors (Lipinski definition) is 3. The van der Waals surface area contributed by atoms with Gasteiger partial charge in [0.15, 0.2) is 0 Å². The number of nitrogens with zero attached hydrogens (tertiary/aromatic N) is 2. The predicted octanol–water partition coefficient (Wildman–Crippen LogP) is 0.779. The number of nitrogens with two attached hydrogens (primary N) is 1. The first kappa shape index (κ1) is 12.0. The van der Waals surface area contributed by atoms with Gasteiger partial charge in [0.05, 0.1) is 5.69 Å². The molecule has 1 heterocycles. The topological polar surface area (TPSA) is 78.0 Å². The zero-order valence-electron chi connectivity index (χ0n) is 9.55. The molecular formula is C12H10FN3O2. The van der Waals surface area contributed by atoms with E-state index in [9.17, 15) is 14.0 Å². The lowest BCUT2D eigenvalue weighted by atomic mass is 10.2. The van der Waals surface area contributed by atoms with Crippen molar-refractivity contribution in [2.24, 2.45) is 5.73 Å². The second kappa shape index (κ2) is 4.40. The van der Waals surface area contributed by atoms with Crippen molar-refractivity contribution >= 4 is 5.91 Å². The maximum Gasteiger partial charge on any atom is 0.270 e. The van der Waals surface area contributed by atoms with Gasteiger partial charge in [0.1, 0.15) is 17.2 Å². The molecule has 2 rings (SSSR count). The Morgan fingerprint density at radius 1 is 1.33 bits per heavy atom. The predicted molar refractivity (Wildman–Crippen MR) is 63.0 cm³/mol. The fourth-order valence-electron chi connectivity index (χ4n) is 1.60. The van der Waals surface area contributed by atoms with E-state index < -0.39 is 17.3 Å². The molecule has 2 aromatic rings. The Labute approximate surface area is 102 Å². The summed E-state index contributed by atoms with van der Waals surface area (Å²) in [6, 6.07) is 5.29. The Bertz CT molecular complexity index is 662. The molecule has 0 bridgehead atoms. The summed E-state index contributed by atoms with van der Waals surface area (Å²) < 4.78 is 14.0. The van der Waals surface area contributed by atoms with Crippen LogP contribution in [0.2, 0.25) is 0 Å². The molecule has 0 unspecified atom stereocenters. The van der Waals surface area contributed by atoms with E-state index in [1.165, 1.54) is 28.8 Å². The third-order valence-electron chi connectivity index (χ3n) is 2.49. The van der Waals surface area contributed by atoms with E-state index in [1.54, 1.807) is 6.92 Å². The van der Waals surface area contributed by atoms with Crippen molar-refractivity contribution in [3.8, 4) is 5.69 Å². The number of aryl methyl sites for hydroxylation is 1. The summed E-state index contributed by atoms with van der Waals surface area (Å²) in [5.74, 6) is -0.872. The van der Waals surface area contributed by atoms with Crippen LogP contribution in [0, 0.1) is 12.7 Å². The van der Waals surface area contributed by atoms with Crippen LogP contribution in [0.3, 0.4) is 0 Å². The molecule has 0 saturated heterocycles. The lowest BCUT2D eigenvalue weighted by Crippen LogP contribution is -2.30. The van der Waals surface area contributed by atoms with Crippen LogP contribution in [0.15, 0.2) is 35.3 Å². The molecule has 0 aliphatic carbocycles. The zero-order valence-corrected chi connectivity index (χ0v) is 9.55. The van der Waals surface area contributed by atoms with Gasteiger partial charge in [-0.25, -0.2) is 9.37 Å². The highest BCUT2D eigenvalue weighted by Crippen LogP contribution is 2.08. The average Bonchev–Trinajstić information content (AvgIpc) is 2.31. The molecule has 18 heavy (non-hydrogen) atoms. The summed E-state index contributed by atoms with van der Waals surface area (Å²) in [5.41, 5.74) is 4.74. The molecule has 92 valence electrons. The number of carbonyl (C=O) groups excluding carboxylic acids is 1. The standard InChI is InChI=1S/C12H10FN3O2/c1-7-15-6-10(11(14)17)12(18)16(7)9-4-2-8(13)3-5-9/h2-6H,1H3,(H2,14,17). The van der Waals surface area contributed by atoms with Crippen LogP contribution in [-0.2, 0) is 0 Å². The largest absolute Gasteiger partial charge is 0.365 e. The summed E-state index contributed by atoms with van der Waals surface area (Å²) in [6.45, 7) is 1.61. The van der Waals surface area contributed by atoms with Gasteiger partial charge in [-0.05, 0) is 31.2 Å². The molecule has 0 aliphatic heterocycles. The maximum absolute atomic E-state index is 12.8. The van der Waals surface area contributed by atoms with Crippen molar-refractivity contribution in [2.45, 2.75) is 6.92 Å². The van der Waals surface area contributed by atoms with Crippen LogP contribution < -0.4 is 11.3 Å². The van der Waals surface area contributed by atoms with Crippen LogP contribution in [0.1, 0.15) is 16.2 Å². The Hall–Kier alpha value is -2.50. The normalized spacial score (nSPS) is 10.3. The molecule has 0 saturated carbocycles. The fraction of sp³-hybridized carbons (Fsp3) is 0.0833. The van der Waals surface area contributed by atoms with E-state index in [2.05, 4.69) is 4.98 Å². The summed E-state index contributed by atoms with van der Waals surface area (Å²) >= 11 is 0. The van der Waals surface area contributed by atoms with Gasteiger partial charge in [-0.1, -0.05) is 0 Å². The Balaban J connectivity index is 2.71.